The number of rotatable bonds is 9. The van der Waals surface area contributed by atoms with Gasteiger partial charge in [0.1, 0.15) is 12.4 Å². The summed E-state index contributed by atoms with van der Waals surface area (Å²) in [6.07, 6.45) is -1.16. The number of ether oxygens (including phenoxy) is 3. The molecule has 0 aromatic heterocycles. The molecule has 160 valence electrons. The van der Waals surface area contributed by atoms with E-state index in [9.17, 15) is 14.4 Å². The van der Waals surface area contributed by atoms with Crippen molar-refractivity contribution < 1.29 is 28.6 Å². The van der Waals surface area contributed by atoms with Crippen LogP contribution in [0.2, 0.25) is 10.0 Å². The Hall–Kier alpha value is -2.14. The van der Waals surface area contributed by atoms with E-state index < -0.39 is 23.9 Å². The summed E-state index contributed by atoms with van der Waals surface area (Å²) >= 11 is 16.7. The Morgan fingerprint density at radius 3 is 2.52 bits per heavy atom. The number of halogens is 2. The first-order chi connectivity index (χ1) is 13.7. The molecule has 0 radical (unpaired) electrons. The van der Waals surface area contributed by atoms with Crippen LogP contribution in [0.25, 0.3) is 0 Å². The highest BCUT2D eigenvalue weighted by molar-refractivity contribution is 7.80. The van der Waals surface area contributed by atoms with Gasteiger partial charge in [0, 0.05) is 18.6 Å². The van der Waals surface area contributed by atoms with Crippen molar-refractivity contribution in [1.82, 2.24) is 16.2 Å². The minimum atomic E-state index is -0.915. The molecule has 2 amide bonds. The van der Waals surface area contributed by atoms with Crippen LogP contribution in [0.4, 0.5) is 0 Å². The third-order valence-electron chi connectivity index (χ3n) is 3.23. The molecule has 9 nitrogen and oxygen atoms in total. The lowest BCUT2D eigenvalue weighted by Gasteiger charge is -2.17. The highest BCUT2D eigenvalue weighted by Gasteiger charge is 2.17. The first kappa shape index (κ1) is 24.9. The average Bonchev–Trinajstić information content (AvgIpc) is 2.66. The smallest absolute Gasteiger partial charge is 0.306 e. The Bertz CT molecular complexity index is 750. The maximum absolute atomic E-state index is 12.0. The van der Waals surface area contributed by atoms with Crippen molar-refractivity contribution in [3.05, 3.63) is 28.2 Å². The third-order valence-corrected chi connectivity index (χ3v) is 3.96. The van der Waals surface area contributed by atoms with Crippen molar-refractivity contribution in [1.29, 1.82) is 0 Å². The molecule has 0 aliphatic carbocycles. The summed E-state index contributed by atoms with van der Waals surface area (Å²) in [6, 6.07) is 4.59. The summed E-state index contributed by atoms with van der Waals surface area (Å²) in [5, 5.41) is 2.87. The molecule has 12 heteroatoms. The van der Waals surface area contributed by atoms with Crippen LogP contribution < -0.4 is 20.9 Å². The van der Waals surface area contributed by atoms with E-state index >= 15 is 0 Å². The van der Waals surface area contributed by atoms with E-state index in [1.807, 2.05) is 0 Å². The highest BCUT2D eigenvalue weighted by atomic mass is 35.5. The lowest BCUT2D eigenvalue weighted by atomic mass is 10.3. The van der Waals surface area contributed by atoms with Crippen molar-refractivity contribution in [2.45, 2.75) is 25.9 Å². The molecule has 3 N–H and O–H groups in total. The molecule has 0 bridgehead atoms. The lowest BCUT2D eigenvalue weighted by Crippen LogP contribution is -2.51. The van der Waals surface area contributed by atoms with E-state index in [4.69, 9.17) is 49.6 Å². The number of esters is 1. The van der Waals surface area contributed by atoms with Crippen LogP contribution in [0.3, 0.4) is 0 Å². The number of methoxy groups -OCH3 is 1. The Balaban J connectivity index is 2.31. The number of hydrazine groups is 1. The predicted molar refractivity (Wildman–Crippen MR) is 111 cm³/mol. The minimum Gasteiger partial charge on any atom is -0.479 e. The Kier molecular flexibility index (Phi) is 11.3. The highest BCUT2D eigenvalue weighted by Crippen LogP contribution is 2.28. The molecule has 0 aliphatic heterocycles. The van der Waals surface area contributed by atoms with Gasteiger partial charge in [0.25, 0.3) is 5.91 Å². The third kappa shape index (κ3) is 10.3. The number of thiocarbonyl (C=S) groups is 1. The van der Waals surface area contributed by atoms with Gasteiger partial charge in [0.05, 0.1) is 18.1 Å². The van der Waals surface area contributed by atoms with Gasteiger partial charge < -0.3 is 19.5 Å². The number of hydrogen-bond donors (Lipinski definition) is 3. The SMILES string of the molecule is COCCOC(=O)CCC(=O)NC(=S)NNC(=O)C(C)Oc1ccc(Cl)cc1Cl. The van der Waals surface area contributed by atoms with Crippen molar-refractivity contribution in [2.75, 3.05) is 20.3 Å². The summed E-state index contributed by atoms with van der Waals surface area (Å²) < 4.78 is 15.0. The summed E-state index contributed by atoms with van der Waals surface area (Å²) in [6.45, 7) is 1.89. The minimum absolute atomic E-state index is 0.114. The van der Waals surface area contributed by atoms with Crippen molar-refractivity contribution >= 4 is 58.3 Å². The summed E-state index contributed by atoms with van der Waals surface area (Å²) in [5.74, 6) is -1.32. The van der Waals surface area contributed by atoms with Gasteiger partial charge in [-0.1, -0.05) is 23.2 Å². The van der Waals surface area contributed by atoms with Crippen molar-refractivity contribution in [2.24, 2.45) is 0 Å². The molecule has 1 rings (SSSR count). The van der Waals surface area contributed by atoms with Crippen LogP contribution in [-0.2, 0) is 23.9 Å². The van der Waals surface area contributed by atoms with E-state index in [1.165, 1.54) is 26.2 Å². The number of amides is 2. The number of nitrogens with one attached hydrogen (secondary N) is 3. The van der Waals surface area contributed by atoms with Crippen molar-refractivity contribution in [3.8, 4) is 5.75 Å². The first-order valence-electron chi connectivity index (χ1n) is 8.39. The van der Waals surface area contributed by atoms with Gasteiger partial charge in [-0.25, -0.2) is 0 Å². The Morgan fingerprint density at radius 2 is 1.86 bits per heavy atom. The summed E-state index contributed by atoms with van der Waals surface area (Å²) in [7, 11) is 1.48. The van der Waals surface area contributed by atoms with Gasteiger partial charge in [-0.3, -0.25) is 25.2 Å². The van der Waals surface area contributed by atoms with Gasteiger partial charge >= 0.3 is 5.97 Å². The Labute approximate surface area is 183 Å². The molecule has 0 saturated heterocycles. The maximum atomic E-state index is 12.0. The molecule has 1 aromatic carbocycles. The zero-order valence-corrected chi connectivity index (χ0v) is 18.1. The molecule has 0 spiro atoms. The topological polar surface area (TPSA) is 115 Å². The number of hydrogen-bond acceptors (Lipinski definition) is 7. The standard InChI is InChI=1S/C17H21Cl2N3O6S/c1-10(28-13-4-3-11(18)9-12(13)19)16(25)21-22-17(29)20-14(23)5-6-15(24)27-8-7-26-2/h3-4,9-10H,5-8H2,1-2H3,(H,21,25)(H2,20,22,23,29). The molecule has 0 fully saturated rings. The van der Waals surface area contributed by atoms with Crippen LogP contribution in [0.5, 0.6) is 5.75 Å². The second-order valence-corrected chi connectivity index (χ2v) is 6.79. The number of carbonyl (C=O) groups is 3. The van der Waals surface area contributed by atoms with Crippen molar-refractivity contribution in [3.63, 3.8) is 0 Å². The fraction of sp³-hybridized carbons (Fsp3) is 0.412. The van der Waals surface area contributed by atoms with Gasteiger partial charge in [-0.05, 0) is 37.3 Å². The summed E-state index contributed by atoms with van der Waals surface area (Å²) in [4.78, 5) is 35.2. The van der Waals surface area contributed by atoms with E-state index in [0.29, 0.717) is 5.02 Å². The Morgan fingerprint density at radius 1 is 1.14 bits per heavy atom. The lowest BCUT2D eigenvalue weighted by molar-refractivity contribution is -0.146. The quantitative estimate of drug-likeness (QED) is 0.218. The maximum Gasteiger partial charge on any atom is 0.306 e. The van der Waals surface area contributed by atoms with Gasteiger partial charge in [-0.2, -0.15) is 0 Å². The monoisotopic (exact) mass is 465 g/mol. The zero-order valence-electron chi connectivity index (χ0n) is 15.8. The van der Waals surface area contributed by atoms with Gasteiger partial charge in [0.15, 0.2) is 11.2 Å². The molecule has 1 unspecified atom stereocenters. The fourth-order valence-electron chi connectivity index (χ4n) is 1.78. The number of benzene rings is 1. The predicted octanol–water partition coefficient (Wildman–Crippen LogP) is 1.75. The zero-order chi connectivity index (χ0) is 21.8. The van der Waals surface area contributed by atoms with E-state index in [2.05, 4.69) is 16.2 Å². The van der Waals surface area contributed by atoms with Gasteiger partial charge in [-0.15, -0.1) is 0 Å². The van der Waals surface area contributed by atoms with Crippen LogP contribution in [0, 0.1) is 0 Å². The fourth-order valence-corrected chi connectivity index (χ4v) is 2.40. The van der Waals surface area contributed by atoms with Crippen LogP contribution in [0.1, 0.15) is 19.8 Å². The normalized spacial score (nSPS) is 11.2. The molecular weight excluding hydrogens is 445 g/mol. The first-order valence-corrected chi connectivity index (χ1v) is 9.55. The largest absolute Gasteiger partial charge is 0.479 e. The second kappa shape index (κ2) is 13.2. The average molecular weight is 466 g/mol. The molecule has 0 aliphatic rings. The van der Waals surface area contributed by atoms with E-state index in [-0.39, 0.29) is 41.9 Å². The molecule has 1 aromatic rings. The molecular formula is C17H21Cl2N3O6S. The molecule has 0 saturated carbocycles. The van der Waals surface area contributed by atoms with Crippen LogP contribution >= 0.6 is 35.4 Å². The molecule has 0 heterocycles. The van der Waals surface area contributed by atoms with E-state index in [1.54, 1.807) is 6.07 Å². The van der Waals surface area contributed by atoms with Gasteiger partial charge in [0.2, 0.25) is 5.91 Å². The van der Waals surface area contributed by atoms with E-state index in [0.717, 1.165) is 0 Å². The number of carbonyl (C=O) groups excluding carboxylic acids is 3. The summed E-state index contributed by atoms with van der Waals surface area (Å²) in [5.41, 5.74) is 4.66. The molecule has 1 atom stereocenters. The van der Waals surface area contributed by atoms with Crippen LogP contribution in [0.15, 0.2) is 18.2 Å². The molecule has 29 heavy (non-hydrogen) atoms. The van der Waals surface area contributed by atoms with Crippen LogP contribution in [-0.4, -0.2) is 49.3 Å². The second-order valence-electron chi connectivity index (χ2n) is 5.54.